The SMILES string of the molecule is CCN(CC)CC.N#CC(CO)(Cn1ccc(N)nc1=O)OCP(=O)(O)O. The standard InChI is InChI=1S/C9H13N4O6P.C6H15N/c10-3-9(5-14,19-6-20(16,17)18)4-13-2-1-7(11)12-8(13)15;1-4-7(5-2)6-3/h1-2,14H,4-6H2,(H2,11,12,15)(H2,16,17,18);4-6H2,1-3H3. The van der Waals surface area contributed by atoms with Crippen LogP contribution in [0.3, 0.4) is 0 Å². The minimum atomic E-state index is -4.52. The summed E-state index contributed by atoms with van der Waals surface area (Å²) in [5, 5.41) is 18.3. The molecule has 0 aliphatic rings. The first-order valence-corrected chi connectivity index (χ1v) is 10.1. The van der Waals surface area contributed by atoms with E-state index < -0.39 is 38.4 Å². The number of nitrogen functional groups attached to an aromatic ring is 1. The van der Waals surface area contributed by atoms with Crippen molar-refractivity contribution in [3.63, 3.8) is 0 Å². The molecule has 1 aromatic rings. The molecule has 0 bridgehead atoms. The number of nitrogens with zero attached hydrogens (tertiary/aromatic N) is 4. The van der Waals surface area contributed by atoms with Crippen molar-refractivity contribution in [3.05, 3.63) is 22.7 Å². The van der Waals surface area contributed by atoms with Crippen molar-refractivity contribution in [2.24, 2.45) is 0 Å². The molecule has 0 spiro atoms. The zero-order chi connectivity index (χ0) is 21.1. The maximum absolute atomic E-state index is 11.5. The first-order chi connectivity index (χ1) is 12.6. The number of aliphatic hydroxyl groups is 1. The first kappa shape index (κ1) is 25.2. The molecule has 1 atom stereocenters. The molecule has 0 saturated carbocycles. The lowest BCUT2D eigenvalue weighted by atomic mass is 10.1. The molecule has 11 nitrogen and oxygen atoms in total. The average molecular weight is 405 g/mol. The third kappa shape index (κ3) is 9.63. The molecule has 0 amide bonds. The van der Waals surface area contributed by atoms with E-state index >= 15 is 0 Å². The highest BCUT2D eigenvalue weighted by molar-refractivity contribution is 7.51. The van der Waals surface area contributed by atoms with Gasteiger partial charge in [-0.2, -0.15) is 10.2 Å². The van der Waals surface area contributed by atoms with E-state index in [-0.39, 0.29) is 5.82 Å². The molecule has 1 rings (SSSR count). The Balaban J connectivity index is 0.000000821. The van der Waals surface area contributed by atoms with E-state index in [0.717, 1.165) is 4.57 Å². The topological polar surface area (TPSA) is 175 Å². The van der Waals surface area contributed by atoms with Crippen molar-refractivity contribution < 1.29 is 24.2 Å². The van der Waals surface area contributed by atoms with Crippen LogP contribution in [0.2, 0.25) is 0 Å². The van der Waals surface area contributed by atoms with E-state index in [9.17, 15) is 14.5 Å². The Bertz CT molecular complexity index is 706. The summed E-state index contributed by atoms with van der Waals surface area (Å²) in [6.45, 7) is 8.81. The van der Waals surface area contributed by atoms with Gasteiger partial charge in [-0.25, -0.2) is 4.79 Å². The molecule has 0 fully saturated rings. The Hall–Kier alpha value is -1.80. The van der Waals surface area contributed by atoms with Crippen LogP contribution in [0.25, 0.3) is 0 Å². The van der Waals surface area contributed by atoms with Gasteiger partial charge in [0.1, 0.15) is 11.9 Å². The highest BCUT2D eigenvalue weighted by Gasteiger charge is 2.34. The average Bonchev–Trinajstić information content (AvgIpc) is 2.62. The largest absolute Gasteiger partial charge is 0.392 e. The molecule has 5 N–H and O–H groups in total. The van der Waals surface area contributed by atoms with Crippen molar-refractivity contribution in [2.75, 3.05) is 38.3 Å². The Kier molecular flexibility index (Phi) is 11.0. The molecule has 154 valence electrons. The molecule has 1 unspecified atom stereocenters. The van der Waals surface area contributed by atoms with Crippen molar-refractivity contribution in [1.82, 2.24) is 14.5 Å². The van der Waals surface area contributed by atoms with Crippen LogP contribution < -0.4 is 11.4 Å². The van der Waals surface area contributed by atoms with E-state index in [4.69, 9.17) is 25.5 Å². The number of anilines is 1. The van der Waals surface area contributed by atoms with Gasteiger partial charge in [0.25, 0.3) is 0 Å². The van der Waals surface area contributed by atoms with E-state index in [1.54, 1.807) is 6.07 Å². The van der Waals surface area contributed by atoms with E-state index in [1.165, 1.54) is 31.9 Å². The van der Waals surface area contributed by atoms with Gasteiger partial charge in [0, 0.05) is 6.20 Å². The van der Waals surface area contributed by atoms with Gasteiger partial charge < -0.3 is 30.3 Å². The van der Waals surface area contributed by atoms with Gasteiger partial charge in [0.05, 0.1) is 13.2 Å². The van der Waals surface area contributed by atoms with Crippen molar-refractivity contribution in [1.29, 1.82) is 5.26 Å². The molecular weight excluding hydrogens is 377 g/mol. The Labute approximate surface area is 158 Å². The fourth-order valence-corrected chi connectivity index (χ4v) is 2.38. The molecule has 12 heteroatoms. The second-order valence-corrected chi connectivity index (χ2v) is 7.17. The third-order valence-corrected chi connectivity index (χ3v) is 4.10. The van der Waals surface area contributed by atoms with Crippen molar-refractivity contribution in [2.45, 2.75) is 32.9 Å². The lowest BCUT2D eigenvalue weighted by Crippen LogP contribution is -2.43. The Morgan fingerprint density at radius 1 is 1.37 bits per heavy atom. The van der Waals surface area contributed by atoms with Gasteiger partial charge in [-0.15, -0.1) is 0 Å². The molecule has 1 heterocycles. The van der Waals surface area contributed by atoms with E-state index in [1.807, 2.05) is 0 Å². The van der Waals surface area contributed by atoms with Gasteiger partial charge in [-0.1, -0.05) is 20.8 Å². The molecule has 27 heavy (non-hydrogen) atoms. The maximum atomic E-state index is 11.5. The summed E-state index contributed by atoms with van der Waals surface area (Å²) in [4.78, 5) is 34.8. The minimum absolute atomic E-state index is 0.0195. The molecule has 0 aliphatic heterocycles. The normalized spacial score (nSPS) is 13.4. The van der Waals surface area contributed by atoms with Crippen LogP contribution in [0.5, 0.6) is 0 Å². The number of aromatic nitrogens is 2. The van der Waals surface area contributed by atoms with Crippen molar-refractivity contribution >= 4 is 13.4 Å². The van der Waals surface area contributed by atoms with Crippen LogP contribution in [-0.2, 0) is 15.8 Å². The summed E-state index contributed by atoms with van der Waals surface area (Å²) in [6.07, 6.45) is 0.172. The summed E-state index contributed by atoms with van der Waals surface area (Å²) in [6, 6.07) is 2.89. The molecule has 1 aromatic heterocycles. The summed E-state index contributed by atoms with van der Waals surface area (Å²) in [7, 11) is -4.52. The molecular formula is C15H28N5O6P. The van der Waals surface area contributed by atoms with Crippen LogP contribution in [0.15, 0.2) is 17.1 Å². The molecule has 0 radical (unpaired) electrons. The predicted molar refractivity (Wildman–Crippen MR) is 99.8 cm³/mol. The van der Waals surface area contributed by atoms with Crippen molar-refractivity contribution in [3.8, 4) is 6.07 Å². The van der Waals surface area contributed by atoms with E-state index in [0.29, 0.717) is 0 Å². The number of hydrogen-bond donors (Lipinski definition) is 4. The highest BCUT2D eigenvalue weighted by Crippen LogP contribution is 2.35. The summed E-state index contributed by atoms with van der Waals surface area (Å²) in [5.41, 5.74) is 2.55. The number of ether oxygens (including phenoxy) is 1. The van der Waals surface area contributed by atoms with E-state index in [2.05, 4.69) is 30.7 Å². The lowest BCUT2D eigenvalue weighted by molar-refractivity contribution is -0.0356. The second kappa shape index (κ2) is 11.8. The molecule has 0 aromatic carbocycles. The smallest absolute Gasteiger partial charge is 0.351 e. The fourth-order valence-electron chi connectivity index (χ4n) is 1.96. The number of aliphatic hydroxyl groups excluding tert-OH is 1. The fraction of sp³-hybridized carbons (Fsp3) is 0.667. The van der Waals surface area contributed by atoms with Gasteiger partial charge in [-0.05, 0) is 25.7 Å². The predicted octanol–water partition coefficient (Wildman–Crippen LogP) is -0.420. The summed E-state index contributed by atoms with van der Waals surface area (Å²) >= 11 is 0. The maximum Gasteiger partial charge on any atom is 0.351 e. The van der Waals surface area contributed by atoms with Gasteiger partial charge in [0.2, 0.25) is 0 Å². The van der Waals surface area contributed by atoms with Crippen LogP contribution in [-0.4, -0.2) is 67.5 Å². The zero-order valence-corrected chi connectivity index (χ0v) is 16.7. The summed E-state index contributed by atoms with van der Waals surface area (Å²) in [5.74, 6) is -0.0195. The second-order valence-electron chi connectivity index (χ2n) is 5.58. The first-order valence-electron chi connectivity index (χ1n) is 8.32. The minimum Gasteiger partial charge on any atom is -0.392 e. The molecule has 0 saturated heterocycles. The number of hydrogen-bond acceptors (Lipinski definition) is 8. The van der Waals surface area contributed by atoms with Crippen LogP contribution >= 0.6 is 7.60 Å². The van der Waals surface area contributed by atoms with Crippen LogP contribution in [0, 0.1) is 11.3 Å². The quantitative estimate of drug-likeness (QED) is 0.395. The van der Waals surface area contributed by atoms with Gasteiger partial charge in [-0.3, -0.25) is 9.13 Å². The Morgan fingerprint density at radius 2 is 1.93 bits per heavy atom. The number of nitriles is 1. The third-order valence-electron chi connectivity index (χ3n) is 3.63. The summed E-state index contributed by atoms with van der Waals surface area (Å²) < 4.78 is 16.5. The van der Waals surface area contributed by atoms with Gasteiger partial charge >= 0.3 is 13.3 Å². The number of rotatable bonds is 9. The lowest BCUT2D eigenvalue weighted by Gasteiger charge is -2.25. The number of nitrogens with two attached hydrogens (primary N) is 1. The van der Waals surface area contributed by atoms with Gasteiger partial charge in [0.15, 0.2) is 11.9 Å². The highest BCUT2D eigenvalue weighted by atomic mass is 31.2. The Morgan fingerprint density at radius 3 is 2.26 bits per heavy atom. The van der Waals surface area contributed by atoms with Crippen LogP contribution in [0.4, 0.5) is 5.82 Å². The monoisotopic (exact) mass is 405 g/mol. The molecule has 0 aliphatic carbocycles. The van der Waals surface area contributed by atoms with Crippen LogP contribution in [0.1, 0.15) is 20.8 Å². The zero-order valence-electron chi connectivity index (χ0n) is 15.8.